The zero-order chi connectivity index (χ0) is 13.1. The standard InChI is InChI=1S/C12H22N6/c1-9(18-7-5-4-6-8-18)10-14-11(13)16-12(15-10)17(2)3/h9H,4-8H2,1-3H3,(H2,13,14,15,16). The molecule has 1 aliphatic heterocycles. The van der Waals surface area contributed by atoms with Crippen molar-refractivity contribution in [1.82, 2.24) is 19.9 Å². The molecule has 1 saturated heterocycles. The van der Waals surface area contributed by atoms with Gasteiger partial charge < -0.3 is 10.6 Å². The number of aromatic nitrogens is 3. The zero-order valence-corrected chi connectivity index (χ0v) is 11.4. The molecule has 0 bridgehead atoms. The molecule has 0 radical (unpaired) electrons. The summed E-state index contributed by atoms with van der Waals surface area (Å²) in [5.41, 5.74) is 5.76. The molecule has 1 aromatic heterocycles. The van der Waals surface area contributed by atoms with Crippen LogP contribution in [0.5, 0.6) is 0 Å². The summed E-state index contributed by atoms with van der Waals surface area (Å²) in [5, 5.41) is 0. The van der Waals surface area contributed by atoms with Crippen LogP contribution >= 0.6 is 0 Å². The number of hydrogen-bond acceptors (Lipinski definition) is 6. The fourth-order valence-corrected chi connectivity index (χ4v) is 2.25. The number of hydrogen-bond donors (Lipinski definition) is 1. The SMILES string of the molecule is CC(c1nc(N)nc(N(C)C)n1)N1CCCCC1. The van der Waals surface area contributed by atoms with Crippen molar-refractivity contribution in [2.24, 2.45) is 0 Å². The first-order valence-electron chi connectivity index (χ1n) is 6.51. The summed E-state index contributed by atoms with van der Waals surface area (Å²) in [5.74, 6) is 1.70. The van der Waals surface area contributed by atoms with Gasteiger partial charge in [0, 0.05) is 14.1 Å². The van der Waals surface area contributed by atoms with E-state index in [1.54, 1.807) is 0 Å². The molecular formula is C12H22N6. The highest BCUT2D eigenvalue weighted by Gasteiger charge is 2.21. The van der Waals surface area contributed by atoms with Gasteiger partial charge in [-0.15, -0.1) is 0 Å². The molecule has 0 spiro atoms. The first kappa shape index (κ1) is 13.0. The second kappa shape index (κ2) is 5.48. The molecule has 1 atom stereocenters. The van der Waals surface area contributed by atoms with E-state index < -0.39 is 0 Å². The molecule has 0 aromatic carbocycles. The largest absolute Gasteiger partial charge is 0.368 e. The van der Waals surface area contributed by atoms with E-state index in [1.807, 2.05) is 19.0 Å². The van der Waals surface area contributed by atoms with Crippen LogP contribution in [0.2, 0.25) is 0 Å². The summed E-state index contributed by atoms with van der Waals surface area (Å²) in [7, 11) is 3.81. The highest BCUT2D eigenvalue weighted by molar-refractivity contribution is 5.33. The van der Waals surface area contributed by atoms with Crippen LogP contribution in [-0.2, 0) is 0 Å². The normalized spacial score (nSPS) is 18.6. The van der Waals surface area contributed by atoms with E-state index in [-0.39, 0.29) is 6.04 Å². The van der Waals surface area contributed by atoms with E-state index in [0.717, 1.165) is 18.9 Å². The van der Waals surface area contributed by atoms with Gasteiger partial charge in [-0.05, 0) is 32.9 Å². The third-order valence-electron chi connectivity index (χ3n) is 3.37. The molecule has 18 heavy (non-hydrogen) atoms. The lowest BCUT2D eigenvalue weighted by molar-refractivity contribution is 0.169. The molecule has 6 heteroatoms. The second-order valence-corrected chi connectivity index (χ2v) is 5.02. The minimum Gasteiger partial charge on any atom is -0.368 e. The Morgan fingerprint density at radius 1 is 1.11 bits per heavy atom. The molecule has 0 saturated carbocycles. The smallest absolute Gasteiger partial charge is 0.229 e. The molecule has 1 fully saturated rings. The highest BCUT2D eigenvalue weighted by Crippen LogP contribution is 2.22. The van der Waals surface area contributed by atoms with Crippen molar-refractivity contribution >= 4 is 11.9 Å². The Morgan fingerprint density at radius 3 is 2.39 bits per heavy atom. The predicted octanol–water partition coefficient (Wildman–Crippen LogP) is 1.07. The van der Waals surface area contributed by atoms with Crippen LogP contribution in [0.15, 0.2) is 0 Å². The summed E-state index contributed by atoms with van der Waals surface area (Å²) in [6, 6.07) is 0.203. The molecule has 2 rings (SSSR count). The van der Waals surface area contributed by atoms with Crippen LogP contribution in [0, 0.1) is 0 Å². The van der Waals surface area contributed by atoms with Gasteiger partial charge in [-0.25, -0.2) is 0 Å². The van der Waals surface area contributed by atoms with E-state index >= 15 is 0 Å². The van der Waals surface area contributed by atoms with Gasteiger partial charge in [-0.2, -0.15) is 15.0 Å². The summed E-state index contributed by atoms with van der Waals surface area (Å²) in [6.07, 6.45) is 3.84. The minimum absolute atomic E-state index is 0.203. The molecule has 0 amide bonds. The van der Waals surface area contributed by atoms with Crippen LogP contribution in [-0.4, -0.2) is 47.0 Å². The number of likely N-dealkylation sites (tertiary alicyclic amines) is 1. The average molecular weight is 250 g/mol. The number of anilines is 2. The van der Waals surface area contributed by atoms with E-state index in [2.05, 4.69) is 26.8 Å². The molecular weight excluding hydrogens is 228 g/mol. The van der Waals surface area contributed by atoms with Gasteiger partial charge in [-0.3, -0.25) is 4.90 Å². The molecule has 100 valence electrons. The Kier molecular flexibility index (Phi) is 3.96. The fraction of sp³-hybridized carbons (Fsp3) is 0.750. The van der Waals surface area contributed by atoms with Gasteiger partial charge in [0.1, 0.15) is 0 Å². The van der Waals surface area contributed by atoms with Crippen molar-refractivity contribution in [2.75, 3.05) is 37.8 Å². The topological polar surface area (TPSA) is 71.2 Å². The van der Waals surface area contributed by atoms with Gasteiger partial charge in [-0.1, -0.05) is 6.42 Å². The molecule has 1 unspecified atom stereocenters. The fourth-order valence-electron chi connectivity index (χ4n) is 2.25. The number of nitrogens with two attached hydrogens (primary N) is 1. The van der Waals surface area contributed by atoms with Crippen molar-refractivity contribution in [1.29, 1.82) is 0 Å². The maximum absolute atomic E-state index is 5.76. The lowest BCUT2D eigenvalue weighted by Crippen LogP contribution is -2.33. The number of nitrogens with zero attached hydrogens (tertiary/aromatic N) is 5. The first-order valence-corrected chi connectivity index (χ1v) is 6.51. The monoisotopic (exact) mass is 250 g/mol. The predicted molar refractivity (Wildman–Crippen MR) is 72.4 cm³/mol. The zero-order valence-electron chi connectivity index (χ0n) is 11.4. The Labute approximate surface area is 108 Å². The van der Waals surface area contributed by atoms with Gasteiger partial charge >= 0.3 is 0 Å². The Balaban J connectivity index is 2.20. The van der Waals surface area contributed by atoms with Crippen LogP contribution in [0.25, 0.3) is 0 Å². The number of rotatable bonds is 3. The molecule has 1 aromatic rings. The average Bonchev–Trinajstić information content (AvgIpc) is 2.38. The maximum atomic E-state index is 5.76. The van der Waals surface area contributed by atoms with Gasteiger partial charge in [0.2, 0.25) is 11.9 Å². The van der Waals surface area contributed by atoms with Crippen molar-refractivity contribution < 1.29 is 0 Å². The van der Waals surface area contributed by atoms with Gasteiger partial charge in [0.25, 0.3) is 0 Å². The third-order valence-corrected chi connectivity index (χ3v) is 3.37. The summed E-state index contributed by atoms with van der Waals surface area (Å²) in [4.78, 5) is 17.2. The molecule has 2 N–H and O–H groups in total. The van der Waals surface area contributed by atoms with Crippen LogP contribution < -0.4 is 10.6 Å². The number of piperidine rings is 1. The molecule has 0 aliphatic carbocycles. The van der Waals surface area contributed by atoms with Crippen molar-refractivity contribution in [3.05, 3.63) is 5.82 Å². The van der Waals surface area contributed by atoms with Crippen LogP contribution in [0.1, 0.15) is 38.1 Å². The molecule has 6 nitrogen and oxygen atoms in total. The third kappa shape index (κ3) is 2.87. The highest BCUT2D eigenvalue weighted by atomic mass is 15.3. The van der Waals surface area contributed by atoms with Crippen molar-refractivity contribution in [2.45, 2.75) is 32.2 Å². The maximum Gasteiger partial charge on any atom is 0.229 e. The molecule has 2 heterocycles. The van der Waals surface area contributed by atoms with E-state index in [4.69, 9.17) is 5.73 Å². The quantitative estimate of drug-likeness (QED) is 0.865. The Bertz CT molecular complexity index is 400. The van der Waals surface area contributed by atoms with Gasteiger partial charge in [0.15, 0.2) is 5.82 Å². The summed E-state index contributed by atoms with van der Waals surface area (Å²) >= 11 is 0. The van der Waals surface area contributed by atoms with Gasteiger partial charge in [0.05, 0.1) is 6.04 Å². The van der Waals surface area contributed by atoms with Crippen molar-refractivity contribution in [3.63, 3.8) is 0 Å². The Hall–Kier alpha value is -1.43. The van der Waals surface area contributed by atoms with Crippen molar-refractivity contribution in [3.8, 4) is 0 Å². The molecule has 1 aliphatic rings. The number of nitrogen functional groups attached to an aromatic ring is 1. The van der Waals surface area contributed by atoms with E-state index in [9.17, 15) is 0 Å². The second-order valence-electron chi connectivity index (χ2n) is 5.02. The Morgan fingerprint density at radius 2 is 1.78 bits per heavy atom. The summed E-state index contributed by atoms with van der Waals surface area (Å²) < 4.78 is 0. The first-order chi connectivity index (χ1) is 8.58. The van der Waals surface area contributed by atoms with Crippen LogP contribution in [0.4, 0.5) is 11.9 Å². The van der Waals surface area contributed by atoms with E-state index in [1.165, 1.54) is 19.3 Å². The minimum atomic E-state index is 0.203. The van der Waals surface area contributed by atoms with Crippen LogP contribution in [0.3, 0.4) is 0 Å². The van der Waals surface area contributed by atoms with E-state index in [0.29, 0.717) is 11.9 Å². The summed E-state index contributed by atoms with van der Waals surface area (Å²) in [6.45, 7) is 4.37. The lowest BCUT2D eigenvalue weighted by atomic mass is 10.1. The lowest BCUT2D eigenvalue weighted by Gasteiger charge is -2.31.